The van der Waals surface area contributed by atoms with Crippen LogP contribution in [0.5, 0.6) is 0 Å². The van der Waals surface area contributed by atoms with Crippen molar-refractivity contribution in [3.05, 3.63) is 35.9 Å². The molecule has 0 aliphatic carbocycles. The Morgan fingerprint density at radius 1 is 1.19 bits per heavy atom. The van der Waals surface area contributed by atoms with E-state index in [0.29, 0.717) is 32.5 Å². The molecule has 116 valence electrons. The summed E-state index contributed by atoms with van der Waals surface area (Å²) < 4.78 is 0. The van der Waals surface area contributed by atoms with Crippen molar-refractivity contribution >= 4 is 24.2 Å². The molecule has 1 fully saturated rings. The lowest BCUT2D eigenvalue weighted by Crippen LogP contribution is -2.44. The van der Waals surface area contributed by atoms with Crippen LogP contribution in [0.3, 0.4) is 0 Å². The first-order chi connectivity index (χ1) is 9.63. The second-order valence-electron chi connectivity index (χ2n) is 5.20. The number of piperidine rings is 1. The van der Waals surface area contributed by atoms with E-state index in [2.05, 4.69) is 0 Å². The standard InChI is InChI=1S/C15H21N3O2.ClH/c16-10-13(11-4-2-1-3-5-11)15(20)18-8-6-12(7-9-18)14(17)19;/h1-5,12-13H,6-10,16H2,(H2,17,19);1H. The number of likely N-dealkylation sites (tertiary alicyclic amines) is 1. The fourth-order valence-electron chi connectivity index (χ4n) is 2.67. The predicted octanol–water partition coefficient (Wildman–Crippen LogP) is 0.875. The van der Waals surface area contributed by atoms with Gasteiger partial charge < -0.3 is 16.4 Å². The average molecular weight is 312 g/mol. The van der Waals surface area contributed by atoms with Crippen molar-refractivity contribution in [1.82, 2.24) is 4.90 Å². The van der Waals surface area contributed by atoms with Gasteiger partial charge in [0.25, 0.3) is 0 Å². The van der Waals surface area contributed by atoms with E-state index in [1.807, 2.05) is 30.3 Å². The number of halogens is 1. The van der Waals surface area contributed by atoms with Crippen LogP contribution in [-0.2, 0) is 9.59 Å². The van der Waals surface area contributed by atoms with Crippen LogP contribution in [0.1, 0.15) is 24.3 Å². The lowest BCUT2D eigenvalue weighted by atomic mass is 9.93. The molecule has 1 aromatic rings. The van der Waals surface area contributed by atoms with Crippen molar-refractivity contribution in [2.45, 2.75) is 18.8 Å². The summed E-state index contributed by atoms with van der Waals surface area (Å²) >= 11 is 0. The van der Waals surface area contributed by atoms with Gasteiger partial charge in [-0.2, -0.15) is 0 Å². The highest BCUT2D eigenvalue weighted by Crippen LogP contribution is 2.22. The first kappa shape index (κ1) is 17.5. The summed E-state index contributed by atoms with van der Waals surface area (Å²) in [5.74, 6) is -0.634. The number of carbonyl (C=O) groups is 2. The van der Waals surface area contributed by atoms with E-state index in [-0.39, 0.29) is 36.1 Å². The maximum absolute atomic E-state index is 12.5. The van der Waals surface area contributed by atoms with Crippen molar-refractivity contribution in [1.29, 1.82) is 0 Å². The molecule has 6 heteroatoms. The van der Waals surface area contributed by atoms with Gasteiger partial charge in [0.2, 0.25) is 11.8 Å². The number of hydrogen-bond donors (Lipinski definition) is 2. The van der Waals surface area contributed by atoms with Crippen LogP contribution in [0, 0.1) is 5.92 Å². The minimum Gasteiger partial charge on any atom is -0.369 e. The van der Waals surface area contributed by atoms with E-state index in [1.54, 1.807) is 4.90 Å². The van der Waals surface area contributed by atoms with Gasteiger partial charge in [0.1, 0.15) is 0 Å². The van der Waals surface area contributed by atoms with E-state index >= 15 is 0 Å². The second kappa shape index (κ2) is 8.00. The van der Waals surface area contributed by atoms with E-state index < -0.39 is 0 Å². The maximum Gasteiger partial charge on any atom is 0.231 e. The van der Waals surface area contributed by atoms with Gasteiger partial charge in [-0.1, -0.05) is 30.3 Å². The van der Waals surface area contributed by atoms with Crippen molar-refractivity contribution in [2.75, 3.05) is 19.6 Å². The van der Waals surface area contributed by atoms with Gasteiger partial charge >= 0.3 is 0 Å². The molecule has 0 aromatic heterocycles. The van der Waals surface area contributed by atoms with E-state index in [1.165, 1.54) is 0 Å². The zero-order valence-corrected chi connectivity index (χ0v) is 12.7. The summed E-state index contributed by atoms with van der Waals surface area (Å²) in [6.45, 7) is 1.45. The second-order valence-corrected chi connectivity index (χ2v) is 5.20. The van der Waals surface area contributed by atoms with Crippen LogP contribution in [-0.4, -0.2) is 36.3 Å². The largest absolute Gasteiger partial charge is 0.369 e. The predicted molar refractivity (Wildman–Crippen MR) is 84.0 cm³/mol. The van der Waals surface area contributed by atoms with Gasteiger partial charge in [-0.05, 0) is 18.4 Å². The van der Waals surface area contributed by atoms with Crippen LogP contribution in [0.4, 0.5) is 0 Å². The Morgan fingerprint density at radius 3 is 2.24 bits per heavy atom. The Labute approximate surface area is 131 Å². The summed E-state index contributed by atoms with van der Waals surface area (Å²) in [7, 11) is 0. The maximum atomic E-state index is 12.5. The number of amides is 2. The molecule has 0 radical (unpaired) electrons. The minimum absolute atomic E-state index is 0. The molecule has 1 saturated heterocycles. The number of carbonyl (C=O) groups excluding carboxylic acids is 2. The minimum atomic E-state index is -0.304. The molecule has 1 aromatic carbocycles. The third kappa shape index (κ3) is 4.19. The Bertz CT molecular complexity index is 473. The highest BCUT2D eigenvalue weighted by atomic mass is 35.5. The SMILES string of the molecule is Cl.NCC(C(=O)N1CCC(C(N)=O)CC1)c1ccccc1. The van der Waals surface area contributed by atoms with Gasteiger partial charge in [-0.3, -0.25) is 9.59 Å². The normalized spacial score (nSPS) is 16.9. The van der Waals surface area contributed by atoms with Crippen molar-refractivity contribution in [3.63, 3.8) is 0 Å². The lowest BCUT2D eigenvalue weighted by Gasteiger charge is -2.33. The summed E-state index contributed by atoms with van der Waals surface area (Å²) in [5.41, 5.74) is 12.0. The van der Waals surface area contributed by atoms with E-state index in [9.17, 15) is 9.59 Å². The molecule has 4 N–H and O–H groups in total. The fourth-order valence-corrected chi connectivity index (χ4v) is 2.67. The molecular weight excluding hydrogens is 290 g/mol. The van der Waals surface area contributed by atoms with Crippen molar-refractivity contribution < 1.29 is 9.59 Å². The molecular formula is C15H22ClN3O2. The van der Waals surface area contributed by atoms with Gasteiger partial charge in [0.15, 0.2) is 0 Å². The third-order valence-corrected chi connectivity index (χ3v) is 3.94. The number of hydrogen-bond acceptors (Lipinski definition) is 3. The molecule has 1 heterocycles. The first-order valence-corrected chi connectivity index (χ1v) is 6.96. The summed E-state index contributed by atoms with van der Waals surface area (Å²) in [6, 6.07) is 9.58. The molecule has 0 saturated carbocycles. The molecule has 1 unspecified atom stereocenters. The topological polar surface area (TPSA) is 89.4 Å². The van der Waals surface area contributed by atoms with Crippen LogP contribution in [0.25, 0.3) is 0 Å². The number of rotatable bonds is 4. The van der Waals surface area contributed by atoms with Crippen molar-refractivity contribution in [2.24, 2.45) is 17.4 Å². The first-order valence-electron chi connectivity index (χ1n) is 6.96. The van der Waals surface area contributed by atoms with Gasteiger partial charge in [0, 0.05) is 25.6 Å². The number of benzene rings is 1. The van der Waals surface area contributed by atoms with Crippen molar-refractivity contribution in [3.8, 4) is 0 Å². The Morgan fingerprint density at radius 2 is 1.76 bits per heavy atom. The Kier molecular flexibility index (Phi) is 6.65. The molecule has 2 rings (SSSR count). The number of primary amides is 1. The molecule has 1 atom stereocenters. The van der Waals surface area contributed by atoms with Gasteiger partial charge in [-0.25, -0.2) is 0 Å². The summed E-state index contributed by atoms with van der Waals surface area (Å²) in [4.78, 5) is 25.5. The fraction of sp³-hybridized carbons (Fsp3) is 0.467. The molecule has 2 amide bonds. The van der Waals surface area contributed by atoms with Gasteiger partial charge in [-0.15, -0.1) is 12.4 Å². The molecule has 1 aliphatic rings. The van der Waals surface area contributed by atoms with Gasteiger partial charge in [0.05, 0.1) is 5.92 Å². The van der Waals surface area contributed by atoms with E-state index in [0.717, 1.165) is 5.56 Å². The smallest absolute Gasteiger partial charge is 0.231 e. The lowest BCUT2D eigenvalue weighted by molar-refractivity contribution is -0.136. The van der Waals surface area contributed by atoms with Crippen LogP contribution >= 0.6 is 12.4 Å². The quantitative estimate of drug-likeness (QED) is 0.864. The van der Waals surface area contributed by atoms with E-state index in [4.69, 9.17) is 11.5 Å². The zero-order valence-electron chi connectivity index (χ0n) is 11.9. The third-order valence-electron chi connectivity index (χ3n) is 3.94. The monoisotopic (exact) mass is 311 g/mol. The number of nitrogens with two attached hydrogens (primary N) is 2. The molecule has 0 bridgehead atoms. The molecule has 0 spiro atoms. The van der Waals surface area contributed by atoms with Crippen LogP contribution in [0.2, 0.25) is 0 Å². The molecule has 1 aliphatic heterocycles. The Hall–Kier alpha value is -1.59. The summed E-state index contributed by atoms with van der Waals surface area (Å²) in [6.07, 6.45) is 1.29. The summed E-state index contributed by atoms with van der Waals surface area (Å²) in [5, 5.41) is 0. The Balaban J connectivity index is 0.00000220. The zero-order chi connectivity index (χ0) is 14.5. The van der Waals surface area contributed by atoms with Crippen LogP contribution in [0.15, 0.2) is 30.3 Å². The highest BCUT2D eigenvalue weighted by Gasteiger charge is 2.29. The average Bonchev–Trinajstić information content (AvgIpc) is 2.49. The van der Waals surface area contributed by atoms with Crippen LogP contribution < -0.4 is 11.5 Å². The molecule has 5 nitrogen and oxygen atoms in total. The number of nitrogens with zero attached hydrogens (tertiary/aromatic N) is 1. The highest BCUT2D eigenvalue weighted by molar-refractivity contribution is 5.85. The molecule has 21 heavy (non-hydrogen) atoms.